The number of carbonyl (C=O) groups excluding carboxylic acids is 1. The van der Waals surface area contributed by atoms with Gasteiger partial charge in [-0.15, -0.1) is 0 Å². The van der Waals surface area contributed by atoms with Crippen molar-refractivity contribution in [1.82, 2.24) is 0 Å². The number of ketones is 1. The summed E-state index contributed by atoms with van der Waals surface area (Å²) < 4.78 is 21.7. The number of carbonyl (C=O) groups is 1. The van der Waals surface area contributed by atoms with Crippen LogP contribution < -0.4 is 0 Å². The minimum atomic E-state index is -2.85. The zero-order chi connectivity index (χ0) is 9.90. The molecule has 1 saturated carbocycles. The smallest absolute Gasteiger partial charge is 0.147 e. The lowest BCUT2D eigenvalue weighted by atomic mass is 9.87. The Morgan fingerprint density at radius 1 is 1.46 bits per heavy atom. The summed E-state index contributed by atoms with van der Waals surface area (Å²) in [5.74, 6) is 0.839. The van der Waals surface area contributed by atoms with Gasteiger partial charge in [0.15, 0.2) is 0 Å². The van der Waals surface area contributed by atoms with E-state index in [4.69, 9.17) is 0 Å². The van der Waals surface area contributed by atoms with E-state index in [9.17, 15) is 13.2 Å². The lowest BCUT2D eigenvalue weighted by Gasteiger charge is -2.19. The van der Waals surface area contributed by atoms with Gasteiger partial charge in [-0.3, -0.25) is 4.79 Å². The van der Waals surface area contributed by atoms with Crippen LogP contribution in [-0.2, 0) is 14.6 Å². The highest BCUT2D eigenvalue weighted by Gasteiger charge is 2.20. The largest absolute Gasteiger partial charge is 0.300 e. The molecule has 0 aromatic carbocycles. The molecule has 4 heteroatoms. The first-order valence-electron chi connectivity index (χ1n) is 4.67. The summed E-state index contributed by atoms with van der Waals surface area (Å²) in [6.07, 6.45) is 5.14. The highest BCUT2D eigenvalue weighted by Crippen LogP contribution is 2.24. The molecule has 0 heterocycles. The van der Waals surface area contributed by atoms with Crippen molar-refractivity contribution in [3.63, 3.8) is 0 Å². The van der Waals surface area contributed by atoms with Crippen LogP contribution in [0.2, 0.25) is 0 Å². The molecular weight excluding hydrogens is 188 g/mol. The Kier molecular flexibility index (Phi) is 3.47. The molecule has 76 valence electrons. The molecule has 1 atom stereocenters. The van der Waals surface area contributed by atoms with Crippen LogP contribution in [-0.4, -0.2) is 26.2 Å². The van der Waals surface area contributed by atoms with Crippen LogP contribution in [0.1, 0.15) is 32.1 Å². The molecule has 3 nitrogen and oxygen atoms in total. The van der Waals surface area contributed by atoms with E-state index in [0.717, 1.165) is 12.8 Å². The summed E-state index contributed by atoms with van der Waals surface area (Å²) in [6.45, 7) is 0. The molecule has 0 aromatic heterocycles. The van der Waals surface area contributed by atoms with E-state index in [0.29, 0.717) is 31.0 Å². The predicted octanol–water partition coefficient (Wildman–Crippen LogP) is 1.18. The quantitative estimate of drug-likeness (QED) is 0.693. The molecule has 1 aliphatic carbocycles. The van der Waals surface area contributed by atoms with Gasteiger partial charge in [0.05, 0.1) is 5.75 Å². The Morgan fingerprint density at radius 3 is 2.69 bits per heavy atom. The summed E-state index contributed by atoms with van der Waals surface area (Å²) in [7, 11) is -2.85. The van der Waals surface area contributed by atoms with Crippen molar-refractivity contribution in [3.8, 4) is 0 Å². The Hall–Kier alpha value is -0.380. The maximum absolute atomic E-state index is 11.0. The van der Waals surface area contributed by atoms with E-state index in [1.54, 1.807) is 0 Å². The van der Waals surface area contributed by atoms with E-state index in [1.165, 1.54) is 6.26 Å². The van der Waals surface area contributed by atoms with Gasteiger partial charge in [0.1, 0.15) is 15.6 Å². The highest BCUT2D eigenvalue weighted by atomic mass is 32.2. The van der Waals surface area contributed by atoms with Gasteiger partial charge in [-0.1, -0.05) is 0 Å². The molecule has 0 spiro atoms. The van der Waals surface area contributed by atoms with Gasteiger partial charge in [0, 0.05) is 19.1 Å². The lowest BCUT2D eigenvalue weighted by Crippen LogP contribution is -2.18. The van der Waals surface area contributed by atoms with Crippen molar-refractivity contribution in [2.75, 3.05) is 12.0 Å². The standard InChI is InChI=1S/C9H16O3S/c1-13(11,12)6-5-8-3-2-4-9(10)7-8/h8H,2-7H2,1H3. The zero-order valence-corrected chi connectivity index (χ0v) is 8.77. The van der Waals surface area contributed by atoms with Gasteiger partial charge in [-0.2, -0.15) is 0 Å². The van der Waals surface area contributed by atoms with Crippen molar-refractivity contribution in [2.45, 2.75) is 32.1 Å². The Bertz CT molecular complexity index is 279. The second kappa shape index (κ2) is 4.22. The van der Waals surface area contributed by atoms with Crippen molar-refractivity contribution >= 4 is 15.6 Å². The molecule has 0 saturated heterocycles. The van der Waals surface area contributed by atoms with Gasteiger partial charge >= 0.3 is 0 Å². The highest BCUT2D eigenvalue weighted by molar-refractivity contribution is 7.90. The monoisotopic (exact) mass is 204 g/mol. The number of rotatable bonds is 3. The first kappa shape index (κ1) is 10.7. The van der Waals surface area contributed by atoms with Gasteiger partial charge in [0.2, 0.25) is 0 Å². The van der Waals surface area contributed by atoms with Gasteiger partial charge in [-0.05, 0) is 25.2 Å². The molecule has 0 radical (unpaired) electrons. The lowest BCUT2D eigenvalue weighted by molar-refractivity contribution is -0.121. The van der Waals surface area contributed by atoms with Gasteiger partial charge < -0.3 is 0 Å². The average Bonchev–Trinajstić information content (AvgIpc) is 2.00. The predicted molar refractivity (Wildman–Crippen MR) is 51.3 cm³/mol. The number of hydrogen-bond donors (Lipinski definition) is 0. The minimum Gasteiger partial charge on any atom is -0.300 e. The topological polar surface area (TPSA) is 51.2 Å². The molecular formula is C9H16O3S. The van der Waals surface area contributed by atoms with E-state index in [1.807, 2.05) is 0 Å². The normalized spacial score (nSPS) is 24.7. The summed E-state index contributed by atoms with van der Waals surface area (Å²) in [6, 6.07) is 0. The third kappa shape index (κ3) is 4.41. The van der Waals surface area contributed by atoms with E-state index >= 15 is 0 Å². The maximum atomic E-state index is 11.0. The number of sulfone groups is 1. The second-order valence-corrected chi connectivity index (χ2v) is 6.18. The molecule has 1 rings (SSSR count). The molecule has 0 aliphatic heterocycles. The first-order chi connectivity index (χ1) is 5.97. The molecule has 13 heavy (non-hydrogen) atoms. The average molecular weight is 204 g/mol. The van der Waals surface area contributed by atoms with Gasteiger partial charge in [-0.25, -0.2) is 8.42 Å². The summed E-state index contributed by atoms with van der Waals surface area (Å²) >= 11 is 0. The Balaban J connectivity index is 2.33. The number of hydrogen-bond acceptors (Lipinski definition) is 3. The molecule has 1 fully saturated rings. The van der Waals surface area contributed by atoms with Crippen LogP contribution in [0.3, 0.4) is 0 Å². The molecule has 0 amide bonds. The molecule has 0 N–H and O–H groups in total. The van der Waals surface area contributed by atoms with Crippen molar-refractivity contribution < 1.29 is 13.2 Å². The molecule has 1 aliphatic rings. The molecule has 0 bridgehead atoms. The third-order valence-corrected chi connectivity index (χ3v) is 3.46. The summed E-state index contributed by atoms with van der Waals surface area (Å²) in [5, 5.41) is 0. The van der Waals surface area contributed by atoms with Crippen molar-refractivity contribution in [2.24, 2.45) is 5.92 Å². The molecule has 0 aromatic rings. The number of Topliss-reactive ketones (excluding diaryl/α,β-unsaturated/α-hetero) is 1. The van der Waals surface area contributed by atoms with Crippen LogP contribution in [0, 0.1) is 5.92 Å². The van der Waals surface area contributed by atoms with Crippen LogP contribution in [0.4, 0.5) is 0 Å². The van der Waals surface area contributed by atoms with E-state index in [-0.39, 0.29) is 5.75 Å². The zero-order valence-electron chi connectivity index (χ0n) is 7.95. The Morgan fingerprint density at radius 2 is 2.15 bits per heavy atom. The van der Waals surface area contributed by atoms with Gasteiger partial charge in [0.25, 0.3) is 0 Å². The van der Waals surface area contributed by atoms with Crippen LogP contribution in [0.25, 0.3) is 0 Å². The fraction of sp³-hybridized carbons (Fsp3) is 0.889. The first-order valence-corrected chi connectivity index (χ1v) is 6.73. The third-order valence-electron chi connectivity index (χ3n) is 2.48. The molecule has 1 unspecified atom stereocenters. The minimum absolute atomic E-state index is 0.227. The maximum Gasteiger partial charge on any atom is 0.147 e. The fourth-order valence-corrected chi connectivity index (χ4v) is 2.50. The van der Waals surface area contributed by atoms with Crippen molar-refractivity contribution in [1.29, 1.82) is 0 Å². The van der Waals surface area contributed by atoms with Crippen LogP contribution in [0.15, 0.2) is 0 Å². The van der Waals surface area contributed by atoms with Crippen LogP contribution >= 0.6 is 0 Å². The SMILES string of the molecule is CS(=O)(=O)CCC1CCCC(=O)C1. The van der Waals surface area contributed by atoms with Crippen molar-refractivity contribution in [3.05, 3.63) is 0 Å². The van der Waals surface area contributed by atoms with Crippen LogP contribution in [0.5, 0.6) is 0 Å². The second-order valence-electron chi connectivity index (χ2n) is 3.92. The van der Waals surface area contributed by atoms with E-state index < -0.39 is 9.84 Å². The fourth-order valence-electron chi connectivity index (χ4n) is 1.74. The Labute approximate surface area is 79.4 Å². The van der Waals surface area contributed by atoms with E-state index in [2.05, 4.69) is 0 Å². The summed E-state index contributed by atoms with van der Waals surface area (Å²) in [5.41, 5.74) is 0. The summed E-state index contributed by atoms with van der Waals surface area (Å²) in [4.78, 5) is 11.0.